The number of benzene rings is 2. The maximum atomic E-state index is 13.0. The van der Waals surface area contributed by atoms with Gasteiger partial charge in [0.05, 0.1) is 10.6 Å². The molecule has 26 heavy (non-hydrogen) atoms. The summed E-state index contributed by atoms with van der Waals surface area (Å²) < 4.78 is 51.8. The Morgan fingerprint density at radius 3 is 2.27 bits per heavy atom. The summed E-state index contributed by atoms with van der Waals surface area (Å²) in [6, 6.07) is 7.82. The van der Waals surface area contributed by atoms with Crippen molar-refractivity contribution in [3.8, 4) is 0 Å². The summed E-state index contributed by atoms with van der Waals surface area (Å²) in [5, 5.41) is 1.92. The van der Waals surface area contributed by atoms with Crippen molar-refractivity contribution in [3.63, 3.8) is 0 Å². The number of rotatable bonds is 4. The molecule has 2 amide bonds. The summed E-state index contributed by atoms with van der Waals surface area (Å²) in [5.41, 5.74) is -0.947. The Morgan fingerprint density at radius 1 is 1.12 bits per heavy atom. The highest BCUT2D eigenvalue weighted by atomic mass is 35.5. The molecule has 1 N–H and O–H groups in total. The van der Waals surface area contributed by atoms with E-state index < -0.39 is 40.9 Å². The van der Waals surface area contributed by atoms with Gasteiger partial charge in [0.1, 0.15) is 12.4 Å². The average molecular weight is 389 g/mol. The molecule has 0 aliphatic carbocycles. The number of carbonyl (C=O) groups is 2. The van der Waals surface area contributed by atoms with Crippen LogP contribution >= 0.6 is 11.6 Å². The normalized spacial score (nSPS) is 11.2. The van der Waals surface area contributed by atoms with Crippen molar-refractivity contribution in [2.75, 3.05) is 16.8 Å². The average Bonchev–Trinajstić information content (AvgIpc) is 2.54. The van der Waals surface area contributed by atoms with Crippen molar-refractivity contribution in [1.29, 1.82) is 0 Å². The summed E-state index contributed by atoms with van der Waals surface area (Å²) in [4.78, 5) is 24.8. The zero-order valence-corrected chi connectivity index (χ0v) is 14.2. The van der Waals surface area contributed by atoms with E-state index >= 15 is 0 Å². The SMILES string of the molecule is CC(=O)N(CC(=O)Nc1ccc(F)cc1)c1ccc(Cl)c(C(F)(F)F)c1. The predicted molar refractivity (Wildman–Crippen MR) is 89.5 cm³/mol. The van der Waals surface area contributed by atoms with Gasteiger partial charge in [-0.1, -0.05) is 11.6 Å². The van der Waals surface area contributed by atoms with Gasteiger partial charge in [0.2, 0.25) is 11.8 Å². The first-order valence-corrected chi connectivity index (χ1v) is 7.66. The van der Waals surface area contributed by atoms with Crippen molar-refractivity contribution in [2.24, 2.45) is 0 Å². The van der Waals surface area contributed by atoms with Crippen molar-refractivity contribution in [3.05, 3.63) is 58.9 Å². The minimum atomic E-state index is -4.70. The molecule has 2 rings (SSSR count). The summed E-state index contributed by atoms with van der Waals surface area (Å²) >= 11 is 5.56. The predicted octanol–water partition coefficient (Wildman–Crippen LogP) is 4.49. The Kier molecular flexibility index (Phi) is 5.86. The van der Waals surface area contributed by atoms with Crippen LogP contribution in [0.25, 0.3) is 0 Å². The molecule has 9 heteroatoms. The molecule has 0 aliphatic heterocycles. The minimum absolute atomic E-state index is 0.122. The summed E-state index contributed by atoms with van der Waals surface area (Å²) in [7, 11) is 0. The largest absolute Gasteiger partial charge is 0.417 e. The van der Waals surface area contributed by atoms with Crippen LogP contribution in [0.3, 0.4) is 0 Å². The Balaban J connectivity index is 2.22. The fourth-order valence-corrected chi connectivity index (χ4v) is 2.38. The molecule has 0 bridgehead atoms. The van der Waals surface area contributed by atoms with Crippen LogP contribution in [0.1, 0.15) is 12.5 Å². The molecule has 0 fully saturated rings. The fraction of sp³-hybridized carbons (Fsp3) is 0.176. The first-order valence-electron chi connectivity index (χ1n) is 7.28. The van der Waals surface area contributed by atoms with Gasteiger partial charge < -0.3 is 10.2 Å². The van der Waals surface area contributed by atoms with Crippen LogP contribution in [0.2, 0.25) is 5.02 Å². The number of nitrogens with one attached hydrogen (secondary N) is 1. The van der Waals surface area contributed by atoms with E-state index in [2.05, 4.69) is 5.32 Å². The Morgan fingerprint density at radius 2 is 1.73 bits per heavy atom. The molecule has 0 saturated heterocycles. The van der Waals surface area contributed by atoms with Crippen LogP contribution in [-0.4, -0.2) is 18.4 Å². The van der Waals surface area contributed by atoms with Crippen LogP contribution in [-0.2, 0) is 15.8 Å². The van der Waals surface area contributed by atoms with Crippen molar-refractivity contribution >= 4 is 34.8 Å². The molecule has 0 aliphatic rings. The standard InChI is InChI=1S/C17H13ClF4N2O2/c1-10(25)24(9-16(26)23-12-4-2-11(19)3-5-12)13-6-7-15(18)14(8-13)17(20,21)22/h2-8H,9H2,1H3,(H,23,26). The number of halogens is 5. The lowest BCUT2D eigenvalue weighted by Crippen LogP contribution is -2.36. The molecule has 4 nitrogen and oxygen atoms in total. The molecule has 0 heterocycles. The van der Waals surface area contributed by atoms with E-state index in [0.29, 0.717) is 6.07 Å². The molecule has 0 saturated carbocycles. The smallest absolute Gasteiger partial charge is 0.325 e. The lowest BCUT2D eigenvalue weighted by molar-refractivity contribution is -0.137. The number of anilines is 2. The van der Waals surface area contributed by atoms with Crippen molar-refractivity contribution in [2.45, 2.75) is 13.1 Å². The Bertz CT molecular complexity index is 823. The second kappa shape index (κ2) is 7.74. The van der Waals surface area contributed by atoms with E-state index in [0.717, 1.165) is 30.0 Å². The van der Waals surface area contributed by atoms with Crippen LogP contribution in [0, 0.1) is 5.82 Å². The van der Waals surface area contributed by atoms with Crippen LogP contribution in [0.15, 0.2) is 42.5 Å². The Labute approximate surface area is 151 Å². The van der Waals surface area contributed by atoms with E-state index in [1.165, 1.54) is 18.2 Å². The zero-order valence-electron chi connectivity index (χ0n) is 13.4. The van der Waals surface area contributed by atoms with Crippen LogP contribution in [0.5, 0.6) is 0 Å². The number of carbonyl (C=O) groups excluding carboxylic acids is 2. The van der Waals surface area contributed by atoms with E-state index in [4.69, 9.17) is 11.6 Å². The minimum Gasteiger partial charge on any atom is -0.325 e. The van der Waals surface area contributed by atoms with Gasteiger partial charge in [-0.05, 0) is 42.5 Å². The summed E-state index contributed by atoms with van der Waals surface area (Å²) in [6.07, 6.45) is -4.70. The third-order valence-electron chi connectivity index (χ3n) is 3.38. The number of hydrogen-bond donors (Lipinski definition) is 1. The van der Waals surface area contributed by atoms with Gasteiger partial charge in [-0.25, -0.2) is 4.39 Å². The molecule has 0 aromatic heterocycles. The van der Waals surface area contributed by atoms with E-state index in [1.54, 1.807) is 0 Å². The second-order valence-electron chi connectivity index (χ2n) is 5.32. The van der Waals surface area contributed by atoms with Gasteiger partial charge in [0.15, 0.2) is 0 Å². The monoisotopic (exact) mass is 388 g/mol. The first-order chi connectivity index (χ1) is 12.1. The summed E-state index contributed by atoms with van der Waals surface area (Å²) in [5.74, 6) is -1.78. The molecule has 0 radical (unpaired) electrons. The molecule has 2 aromatic carbocycles. The maximum absolute atomic E-state index is 13.0. The highest BCUT2D eigenvalue weighted by molar-refractivity contribution is 6.31. The van der Waals surface area contributed by atoms with Gasteiger partial charge in [0.25, 0.3) is 0 Å². The highest BCUT2D eigenvalue weighted by Gasteiger charge is 2.34. The van der Waals surface area contributed by atoms with Crippen molar-refractivity contribution < 1.29 is 27.2 Å². The van der Waals surface area contributed by atoms with Gasteiger partial charge in [0, 0.05) is 18.3 Å². The molecular formula is C17H13ClF4N2O2. The number of amides is 2. The zero-order chi connectivity index (χ0) is 19.5. The van der Waals surface area contributed by atoms with E-state index in [9.17, 15) is 27.2 Å². The molecule has 0 atom stereocenters. The molecule has 0 spiro atoms. The third-order valence-corrected chi connectivity index (χ3v) is 3.71. The van der Waals surface area contributed by atoms with Crippen LogP contribution in [0.4, 0.5) is 28.9 Å². The first kappa shape index (κ1) is 19.7. The van der Waals surface area contributed by atoms with Gasteiger partial charge in [-0.15, -0.1) is 0 Å². The Hall–Kier alpha value is -2.61. The van der Waals surface area contributed by atoms with Crippen molar-refractivity contribution in [1.82, 2.24) is 0 Å². The number of nitrogens with zero attached hydrogens (tertiary/aromatic N) is 1. The maximum Gasteiger partial charge on any atom is 0.417 e. The number of alkyl halides is 3. The molecule has 2 aromatic rings. The van der Waals surface area contributed by atoms with Crippen LogP contribution < -0.4 is 10.2 Å². The van der Waals surface area contributed by atoms with E-state index in [-0.39, 0.29) is 11.4 Å². The van der Waals surface area contributed by atoms with E-state index in [1.807, 2.05) is 0 Å². The lowest BCUT2D eigenvalue weighted by Gasteiger charge is -2.22. The second-order valence-corrected chi connectivity index (χ2v) is 5.73. The molecule has 0 unspecified atom stereocenters. The molecule has 138 valence electrons. The highest BCUT2D eigenvalue weighted by Crippen LogP contribution is 2.37. The molecular weight excluding hydrogens is 376 g/mol. The van der Waals surface area contributed by atoms with Gasteiger partial charge in [-0.2, -0.15) is 13.2 Å². The third kappa shape index (κ3) is 4.95. The lowest BCUT2D eigenvalue weighted by atomic mass is 10.1. The van der Waals surface area contributed by atoms with Gasteiger partial charge in [-0.3, -0.25) is 9.59 Å². The topological polar surface area (TPSA) is 49.4 Å². The van der Waals surface area contributed by atoms with Gasteiger partial charge >= 0.3 is 6.18 Å². The quantitative estimate of drug-likeness (QED) is 0.784. The summed E-state index contributed by atoms with van der Waals surface area (Å²) in [6.45, 7) is 0.596. The number of hydrogen-bond acceptors (Lipinski definition) is 2. The fourth-order valence-electron chi connectivity index (χ4n) is 2.16.